The topological polar surface area (TPSA) is 111 Å². The second-order valence-corrected chi connectivity index (χ2v) is 8.86. The first-order valence-corrected chi connectivity index (χ1v) is 11.8. The number of nitrogens with zero attached hydrogens (tertiary/aromatic N) is 2. The van der Waals surface area contributed by atoms with Crippen LogP contribution in [0.4, 0.5) is 5.69 Å². The number of aromatic nitrogens is 2. The summed E-state index contributed by atoms with van der Waals surface area (Å²) in [6.45, 7) is 0. The van der Waals surface area contributed by atoms with Gasteiger partial charge in [-0.15, -0.1) is 0 Å². The molecule has 36 heavy (non-hydrogen) atoms. The van der Waals surface area contributed by atoms with Gasteiger partial charge in [-0.25, -0.2) is 14.6 Å². The van der Waals surface area contributed by atoms with Crippen LogP contribution in [0, 0.1) is 0 Å². The Labute approximate surface area is 207 Å². The molecule has 5 rings (SSSR count). The second kappa shape index (κ2) is 9.65. The molecule has 1 aliphatic rings. The number of ether oxygens (including phenoxy) is 1. The molecule has 0 aliphatic heterocycles. The maximum absolute atomic E-state index is 12.8. The normalized spacial score (nSPS) is 13.6. The molecule has 0 saturated heterocycles. The van der Waals surface area contributed by atoms with E-state index in [0.717, 1.165) is 42.6 Å². The summed E-state index contributed by atoms with van der Waals surface area (Å²) in [4.78, 5) is 40.9. The molecule has 2 N–H and O–H groups in total. The van der Waals surface area contributed by atoms with Crippen LogP contribution in [0.2, 0.25) is 0 Å². The van der Waals surface area contributed by atoms with Crippen molar-refractivity contribution in [2.24, 2.45) is 0 Å². The van der Waals surface area contributed by atoms with Crippen molar-refractivity contribution < 1.29 is 24.2 Å². The van der Waals surface area contributed by atoms with Gasteiger partial charge in [0.2, 0.25) is 0 Å². The lowest BCUT2D eigenvalue weighted by molar-refractivity contribution is 0.0599. The molecule has 4 aromatic rings. The van der Waals surface area contributed by atoms with E-state index < -0.39 is 11.9 Å². The number of nitrogens with one attached hydrogen (secondary N) is 1. The lowest BCUT2D eigenvalue weighted by Gasteiger charge is -2.17. The molecule has 1 saturated carbocycles. The van der Waals surface area contributed by atoms with E-state index in [1.165, 1.54) is 7.11 Å². The largest absolute Gasteiger partial charge is 0.478 e. The summed E-state index contributed by atoms with van der Waals surface area (Å²) in [6, 6.07) is 19.1. The van der Waals surface area contributed by atoms with E-state index in [0.29, 0.717) is 28.4 Å². The van der Waals surface area contributed by atoms with Crippen LogP contribution in [0.25, 0.3) is 22.4 Å². The van der Waals surface area contributed by atoms with Gasteiger partial charge in [0.25, 0.3) is 5.91 Å². The number of fused-ring (bicyclic) bond motifs is 1. The first-order valence-electron chi connectivity index (χ1n) is 11.8. The number of aromatic carboxylic acids is 1. The molecule has 0 atom stereocenters. The highest BCUT2D eigenvalue weighted by Crippen LogP contribution is 2.37. The van der Waals surface area contributed by atoms with Gasteiger partial charge < -0.3 is 19.7 Å². The van der Waals surface area contributed by atoms with Crippen molar-refractivity contribution in [3.8, 4) is 11.4 Å². The highest BCUT2D eigenvalue weighted by molar-refractivity contribution is 6.05. The molecule has 182 valence electrons. The van der Waals surface area contributed by atoms with Crippen LogP contribution in [0.3, 0.4) is 0 Å². The van der Waals surface area contributed by atoms with Crippen molar-refractivity contribution in [3.63, 3.8) is 0 Å². The number of carbonyl (C=O) groups excluding carboxylic acids is 2. The summed E-state index contributed by atoms with van der Waals surface area (Å²) in [5, 5.41) is 12.2. The van der Waals surface area contributed by atoms with E-state index >= 15 is 0 Å². The standard InChI is InChI=1S/C28H25N3O5/c1-36-28(35)20-5-4-6-21(15-20)29-26(32)18-11-9-17(10-12-18)25-30-23-16-19(27(33)34)13-14-24(23)31(25)22-7-2-3-8-22/h4-6,9-16,22H,2-3,7-8H2,1H3,(H,29,32)(H,33,34). The first kappa shape index (κ1) is 23.3. The molecule has 8 heteroatoms. The van der Waals surface area contributed by atoms with Crippen LogP contribution in [0.5, 0.6) is 0 Å². The molecule has 0 unspecified atom stereocenters. The minimum absolute atomic E-state index is 0.202. The summed E-state index contributed by atoms with van der Waals surface area (Å²) >= 11 is 0. The number of benzene rings is 3. The van der Waals surface area contributed by atoms with Crippen LogP contribution >= 0.6 is 0 Å². The van der Waals surface area contributed by atoms with Gasteiger partial charge in [0, 0.05) is 22.9 Å². The average molecular weight is 484 g/mol. The maximum atomic E-state index is 12.8. The van der Waals surface area contributed by atoms with Gasteiger partial charge in [-0.05, 0) is 61.4 Å². The van der Waals surface area contributed by atoms with Gasteiger partial charge in [-0.3, -0.25) is 4.79 Å². The fourth-order valence-corrected chi connectivity index (χ4v) is 4.78. The summed E-state index contributed by atoms with van der Waals surface area (Å²) in [6.07, 6.45) is 4.38. The van der Waals surface area contributed by atoms with E-state index in [2.05, 4.69) is 9.88 Å². The Hall–Kier alpha value is -4.46. The van der Waals surface area contributed by atoms with Crippen molar-refractivity contribution in [1.82, 2.24) is 9.55 Å². The minimum Gasteiger partial charge on any atom is -0.478 e. The average Bonchev–Trinajstić information content (AvgIpc) is 3.55. The van der Waals surface area contributed by atoms with Gasteiger partial charge in [-0.2, -0.15) is 0 Å². The Bertz CT molecular complexity index is 1470. The Morgan fingerprint density at radius 1 is 0.944 bits per heavy atom. The zero-order chi connectivity index (χ0) is 25.2. The number of carboxylic acids is 1. The molecule has 1 fully saturated rings. The molecule has 0 radical (unpaired) electrons. The van der Waals surface area contributed by atoms with Crippen molar-refractivity contribution in [2.75, 3.05) is 12.4 Å². The van der Waals surface area contributed by atoms with Crippen LogP contribution in [-0.4, -0.2) is 39.6 Å². The number of carboxylic acid groups (broad SMARTS) is 1. The maximum Gasteiger partial charge on any atom is 0.337 e. The molecule has 8 nitrogen and oxygen atoms in total. The molecule has 0 spiro atoms. The Morgan fingerprint density at radius 3 is 2.36 bits per heavy atom. The Morgan fingerprint density at radius 2 is 1.67 bits per heavy atom. The molecular weight excluding hydrogens is 458 g/mol. The van der Waals surface area contributed by atoms with Gasteiger partial charge in [0.05, 0.1) is 29.3 Å². The predicted molar refractivity (Wildman–Crippen MR) is 135 cm³/mol. The minimum atomic E-state index is -0.985. The fraction of sp³-hybridized carbons (Fsp3) is 0.214. The van der Waals surface area contributed by atoms with Gasteiger partial charge >= 0.3 is 11.9 Å². The number of rotatable bonds is 6. The number of carbonyl (C=O) groups is 3. The monoisotopic (exact) mass is 483 g/mol. The first-order chi connectivity index (χ1) is 17.4. The van der Waals surface area contributed by atoms with E-state index in [4.69, 9.17) is 9.72 Å². The van der Waals surface area contributed by atoms with Crippen LogP contribution in [0.15, 0.2) is 66.7 Å². The second-order valence-electron chi connectivity index (χ2n) is 8.86. The third kappa shape index (κ3) is 4.45. The number of hydrogen-bond donors (Lipinski definition) is 2. The van der Waals surface area contributed by atoms with Gasteiger partial charge in [0.15, 0.2) is 0 Å². The number of anilines is 1. The Balaban J connectivity index is 1.45. The zero-order valence-electron chi connectivity index (χ0n) is 19.7. The lowest BCUT2D eigenvalue weighted by atomic mass is 10.1. The highest BCUT2D eigenvalue weighted by Gasteiger charge is 2.24. The van der Waals surface area contributed by atoms with E-state index in [-0.39, 0.29) is 11.5 Å². The quantitative estimate of drug-likeness (QED) is 0.348. The third-order valence-corrected chi connectivity index (χ3v) is 6.57. The van der Waals surface area contributed by atoms with Crippen LogP contribution in [0.1, 0.15) is 62.8 Å². The van der Waals surface area contributed by atoms with Crippen molar-refractivity contribution in [1.29, 1.82) is 0 Å². The summed E-state index contributed by atoms with van der Waals surface area (Å²) in [5.74, 6) is -1.01. The molecule has 1 heterocycles. The molecular formula is C28H25N3O5. The molecule has 1 aliphatic carbocycles. The van der Waals surface area contributed by atoms with Crippen molar-refractivity contribution in [2.45, 2.75) is 31.7 Å². The number of esters is 1. The van der Waals surface area contributed by atoms with Gasteiger partial charge in [0.1, 0.15) is 5.82 Å². The fourth-order valence-electron chi connectivity index (χ4n) is 4.78. The molecule has 0 bridgehead atoms. The summed E-state index contributed by atoms with van der Waals surface area (Å²) in [7, 11) is 1.31. The molecule has 1 aromatic heterocycles. The number of amides is 1. The summed E-state index contributed by atoms with van der Waals surface area (Å²) in [5.41, 5.74) is 3.90. The van der Waals surface area contributed by atoms with Crippen molar-refractivity contribution in [3.05, 3.63) is 83.4 Å². The van der Waals surface area contributed by atoms with E-state index in [1.54, 1.807) is 48.5 Å². The van der Waals surface area contributed by atoms with E-state index in [1.807, 2.05) is 18.2 Å². The van der Waals surface area contributed by atoms with Gasteiger partial charge in [-0.1, -0.05) is 31.0 Å². The Kier molecular flexibility index (Phi) is 6.25. The van der Waals surface area contributed by atoms with E-state index in [9.17, 15) is 19.5 Å². The third-order valence-electron chi connectivity index (χ3n) is 6.57. The van der Waals surface area contributed by atoms with Crippen molar-refractivity contribution >= 4 is 34.6 Å². The number of imidazole rings is 1. The number of methoxy groups -OCH3 is 1. The highest BCUT2D eigenvalue weighted by atomic mass is 16.5. The molecule has 1 amide bonds. The SMILES string of the molecule is COC(=O)c1cccc(NC(=O)c2ccc(-c3nc4cc(C(=O)O)ccc4n3C3CCCC3)cc2)c1. The predicted octanol–water partition coefficient (Wildman–Crippen LogP) is 5.56. The molecule has 3 aromatic carbocycles. The summed E-state index contributed by atoms with van der Waals surface area (Å²) < 4.78 is 6.94. The lowest BCUT2D eigenvalue weighted by Crippen LogP contribution is -2.12. The van der Waals surface area contributed by atoms with Crippen LogP contribution < -0.4 is 5.32 Å². The van der Waals surface area contributed by atoms with Crippen LogP contribution in [-0.2, 0) is 4.74 Å². The zero-order valence-corrected chi connectivity index (χ0v) is 19.7. The smallest absolute Gasteiger partial charge is 0.337 e. The number of hydrogen-bond acceptors (Lipinski definition) is 5.